The second-order valence-corrected chi connectivity index (χ2v) is 9.45. The molecule has 1 fully saturated rings. The van der Waals surface area contributed by atoms with Crippen molar-refractivity contribution in [1.29, 1.82) is 0 Å². The van der Waals surface area contributed by atoms with Crippen LogP contribution in [0.3, 0.4) is 0 Å². The number of carbonyl (C=O) groups excluding carboxylic acids is 1. The number of aliphatic hydroxyl groups excluding tert-OH is 3. The van der Waals surface area contributed by atoms with Gasteiger partial charge in [0.05, 0.1) is 24.4 Å². The van der Waals surface area contributed by atoms with E-state index in [2.05, 4.69) is 24.3 Å². The summed E-state index contributed by atoms with van der Waals surface area (Å²) in [7, 11) is 0. The number of unbranched alkanes of at least 4 members (excludes halogenated alkanes) is 1. The number of esters is 1. The number of hydrogen-bond acceptors (Lipinski definition) is 5. The Morgan fingerprint density at radius 1 is 1.06 bits per heavy atom. The Morgan fingerprint density at radius 3 is 2.50 bits per heavy atom. The van der Waals surface area contributed by atoms with Crippen molar-refractivity contribution in [3.63, 3.8) is 0 Å². The Morgan fingerprint density at radius 2 is 1.78 bits per heavy atom. The van der Waals surface area contributed by atoms with Crippen molar-refractivity contribution in [2.45, 2.75) is 102 Å². The lowest BCUT2D eigenvalue weighted by Gasteiger charge is -2.23. The molecule has 3 unspecified atom stereocenters. The molecule has 0 amide bonds. The number of aliphatic hydroxyl groups is 3. The van der Waals surface area contributed by atoms with Crippen LogP contribution in [0, 0.1) is 11.8 Å². The second kappa shape index (κ2) is 14.5. The number of aryl methyl sites for hydroxylation is 1. The van der Waals surface area contributed by atoms with Crippen molar-refractivity contribution in [2.24, 2.45) is 11.8 Å². The number of benzene rings is 1. The van der Waals surface area contributed by atoms with E-state index in [9.17, 15) is 20.1 Å². The fraction of sp³-hybridized carbons (Fsp3) is 0.667. The summed E-state index contributed by atoms with van der Waals surface area (Å²) in [6.07, 6.45) is 9.77. The predicted molar refractivity (Wildman–Crippen MR) is 127 cm³/mol. The van der Waals surface area contributed by atoms with Crippen LogP contribution in [0.4, 0.5) is 0 Å². The van der Waals surface area contributed by atoms with Crippen molar-refractivity contribution in [2.75, 3.05) is 0 Å². The van der Waals surface area contributed by atoms with Crippen LogP contribution in [0.1, 0.15) is 77.2 Å². The van der Waals surface area contributed by atoms with Crippen LogP contribution in [0.5, 0.6) is 0 Å². The van der Waals surface area contributed by atoms with Crippen LogP contribution in [0.25, 0.3) is 0 Å². The molecule has 0 radical (unpaired) electrons. The Balaban J connectivity index is 1.67. The molecule has 1 aromatic rings. The highest BCUT2D eigenvalue weighted by Crippen LogP contribution is 2.38. The number of rotatable bonds is 14. The Hall–Kier alpha value is -1.69. The Labute approximate surface area is 193 Å². The second-order valence-electron chi connectivity index (χ2n) is 9.45. The van der Waals surface area contributed by atoms with Gasteiger partial charge in [0.25, 0.3) is 0 Å². The van der Waals surface area contributed by atoms with Crippen molar-refractivity contribution >= 4 is 5.97 Å². The molecular formula is C27H42O5. The first-order chi connectivity index (χ1) is 15.4. The molecule has 0 aliphatic heterocycles. The van der Waals surface area contributed by atoms with E-state index in [1.54, 1.807) is 0 Å². The fourth-order valence-electron chi connectivity index (χ4n) is 4.68. The quantitative estimate of drug-likeness (QED) is 0.221. The zero-order valence-corrected chi connectivity index (χ0v) is 19.7. The minimum atomic E-state index is -0.509. The Bertz CT molecular complexity index is 672. The van der Waals surface area contributed by atoms with Crippen molar-refractivity contribution in [1.82, 2.24) is 0 Å². The molecule has 2 rings (SSSR count). The summed E-state index contributed by atoms with van der Waals surface area (Å²) in [5, 5.41) is 31.2. The van der Waals surface area contributed by atoms with Gasteiger partial charge >= 0.3 is 5.97 Å². The summed E-state index contributed by atoms with van der Waals surface area (Å²) in [5.41, 5.74) is 1.29. The lowest BCUT2D eigenvalue weighted by Crippen LogP contribution is -2.23. The standard InChI is InChI=1S/C27H42O5/c1-20(2)32-27(31)16-9-4-3-8-15-23-24(26(30)19-25(23)29)18-17-22(28)14-10-13-21-11-6-5-7-12-21/h3,5-8,11-12,20,22-26,28-30H,4,9-10,13-19H2,1-2H3/b8-3-/t22?,23-,24-,25?,26?/m1/s1. The molecule has 1 aliphatic carbocycles. The van der Waals surface area contributed by atoms with Crippen LogP contribution in [-0.4, -0.2) is 45.7 Å². The van der Waals surface area contributed by atoms with E-state index in [1.165, 1.54) is 5.56 Å². The molecule has 0 saturated heterocycles. The van der Waals surface area contributed by atoms with E-state index in [4.69, 9.17) is 4.74 Å². The van der Waals surface area contributed by atoms with Gasteiger partial charge in [-0.25, -0.2) is 0 Å². The van der Waals surface area contributed by atoms with E-state index in [-0.39, 0.29) is 30.0 Å². The lowest BCUT2D eigenvalue weighted by molar-refractivity contribution is -0.147. The first kappa shape index (κ1) is 26.6. The predicted octanol–water partition coefficient (Wildman–Crippen LogP) is 4.58. The van der Waals surface area contributed by atoms with Gasteiger partial charge in [0.1, 0.15) is 0 Å². The van der Waals surface area contributed by atoms with Gasteiger partial charge in [0, 0.05) is 6.42 Å². The first-order valence-corrected chi connectivity index (χ1v) is 12.3. The molecule has 0 spiro atoms. The highest BCUT2D eigenvalue weighted by atomic mass is 16.5. The van der Waals surface area contributed by atoms with Crippen molar-refractivity contribution < 1.29 is 24.9 Å². The van der Waals surface area contributed by atoms with E-state index < -0.39 is 12.2 Å². The largest absolute Gasteiger partial charge is 0.463 e. The normalized spacial score (nSPS) is 24.3. The van der Waals surface area contributed by atoms with E-state index in [1.807, 2.05) is 32.0 Å². The fourth-order valence-corrected chi connectivity index (χ4v) is 4.68. The lowest BCUT2D eigenvalue weighted by atomic mass is 9.85. The van der Waals surface area contributed by atoms with Crippen LogP contribution in [0.2, 0.25) is 0 Å². The van der Waals surface area contributed by atoms with Gasteiger partial charge in [-0.1, -0.05) is 42.5 Å². The molecule has 5 nitrogen and oxygen atoms in total. The summed E-state index contributed by atoms with van der Waals surface area (Å²) in [4.78, 5) is 11.6. The van der Waals surface area contributed by atoms with Crippen LogP contribution in [0.15, 0.2) is 42.5 Å². The highest BCUT2D eigenvalue weighted by Gasteiger charge is 2.40. The monoisotopic (exact) mass is 446 g/mol. The highest BCUT2D eigenvalue weighted by molar-refractivity contribution is 5.69. The van der Waals surface area contributed by atoms with E-state index >= 15 is 0 Å². The third-order valence-corrected chi connectivity index (χ3v) is 6.39. The molecule has 1 aromatic carbocycles. The average Bonchev–Trinajstić information content (AvgIpc) is 3.01. The SMILES string of the molecule is CC(C)OC(=O)CCC/C=C\C[C@H]1C(O)CC(O)[C@@H]1CCC(O)CCCc1ccccc1. The van der Waals surface area contributed by atoms with Crippen molar-refractivity contribution in [3.8, 4) is 0 Å². The molecule has 0 aromatic heterocycles. The summed E-state index contributed by atoms with van der Waals surface area (Å²) >= 11 is 0. The van der Waals surface area contributed by atoms with Gasteiger partial charge < -0.3 is 20.1 Å². The summed E-state index contributed by atoms with van der Waals surface area (Å²) in [5.74, 6) is -0.131. The zero-order valence-electron chi connectivity index (χ0n) is 19.7. The van der Waals surface area contributed by atoms with Gasteiger partial charge in [-0.05, 0) is 89.0 Å². The van der Waals surface area contributed by atoms with Gasteiger partial charge in [-0.3, -0.25) is 4.79 Å². The third kappa shape index (κ3) is 9.85. The molecule has 3 N–H and O–H groups in total. The molecule has 1 aliphatic rings. The van der Waals surface area contributed by atoms with Gasteiger partial charge in [-0.2, -0.15) is 0 Å². The van der Waals surface area contributed by atoms with Crippen LogP contribution < -0.4 is 0 Å². The number of ether oxygens (including phenoxy) is 1. The topological polar surface area (TPSA) is 87.0 Å². The Kier molecular flexibility index (Phi) is 12.0. The summed E-state index contributed by atoms with van der Waals surface area (Å²) in [6, 6.07) is 10.3. The number of hydrogen-bond donors (Lipinski definition) is 3. The van der Waals surface area contributed by atoms with E-state index in [0.717, 1.165) is 38.5 Å². The molecule has 0 bridgehead atoms. The average molecular weight is 447 g/mol. The van der Waals surface area contributed by atoms with Gasteiger partial charge in [0.2, 0.25) is 0 Å². The minimum absolute atomic E-state index is 0.0134. The third-order valence-electron chi connectivity index (χ3n) is 6.39. The zero-order chi connectivity index (χ0) is 23.3. The summed E-state index contributed by atoms with van der Waals surface area (Å²) in [6.45, 7) is 3.69. The van der Waals surface area contributed by atoms with Crippen molar-refractivity contribution in [3.05, 3.63) is 48.0 Å². The molecular weight excluding hydrogens is 404 g/mol. The maximum Gasteiger partial charge on any atom is 0.306 e. The number of carbonyl (C=O) groups is 1. The first-order valence-electron chi connectivity index (χ1n) is 12.3. The van der Waals surface area contributed by atoms with Crippen LogP contribution in [-0.2, 0) is 16.0 Å². The molecule has 0 heterocycles. The molecule has 1 saturated carbocycles. The van der Waals surface area contributed by atoms with E-state index in [0.29, 0.717) is 25.7 Å². The van der Waals surface area contributed by atoms with Crippen LogP contribution >= 0.6 is 0 Å². The molecule has 5 atom stereocenters. The van der Waals surface area contributed by atoms with Gasteiger partial charge in [0.15, 0.2) is 0 Å². The number of allylic oxidation sites excluding steroid dienone is 2. The minimum Gasteiger partial charge on any atom is -0.463 e. The smallest absolute Gasteiger partial charge is 0.306 e. The molecule has 180 valence electrons. The maximum atomic E-state index is 11.6. The summed E-state index contributed by atoms with van der Waals surface area (Å²) < 4.78 is 5.13. The van der Waals surface area contributed by atoms with Gasteiger partial charge in [-0.15, -0.1) is 0 Å². The molecule has 32 heavy (non-hydrogen) atoms. The maximum absolute atomic E-state index is 11.6. The molecule has 5 heteroatoms.